The summed E-state index contributed by atoms with van der Waals surface area (Å²) < 4.78 is 10.2. The summed E-state index contributed by atoms with van der Waals surface area (Å²) in [4.78, 5) is 37.4. The maximum absolute atomic E-state index is 12.9. The fourth-order valence-electron chi connectivity index (χ4n) is 3.79. The van der Waals surface area contributed by atoms with Crippen molar-refractivity contribution in [1.29, 1.82) is 0 Å². The van der Waals surface area contributed by atoms with Gasteiger partial charge in [0.1, 0.15) is 0 Å². The predicted molar refractivity (Wildman–Crippen MR) is 103 cm³/mol. The van der Waals surface area contributed by atoms with Crippen LogP contribution in [0.25, 0.3) is 0 Å². The number of esters is 2. The molecular formula is C22H25NO5. The monoisotopic (exact) mass is 383 g/mol. The number of dihydropyridines is 1. The van der Waals surface area contributed by atoms with Crippen molar-refractivity contribution in [2.24, 2.45) is 0 Å². The van der Waals surface area contributed by atoms with Gasteiger partial charge in [-0.05, 0) is 51.3 Å². The second kappa shape index (κ2) is 8.00. The van der Waals surface area contributed by atoms with Gasteiger partial charge in [0.15, 0.2) is 5.78 Å². The summed E-state index contributed by atoms with van der Waals surface area (Å²) in [6, 6.07) is 6.84. The second-order valence-corrected chi connectivity index (χ2v) is 7.33. The lowest BCUT2D eigenvalue weighted by atomic mass is 9.75. The van der Waals surface area contributed by atoms with Crippen LogP contribution >= 0.6 is 0 Å². The Balaban J connectivity index is 2.10. The fraction of sp³-hybridized carbons (Fsp3) is 0.409. The molecule has 0 aromatic heterocycles. The third-order valence-electron chi connectivity index (χ3n) is 5.00. The quantitative estimate of drug-likeness (QED) is 0.803. The van der Waals surface area contributed by atoms with Crippen LogP contribution < -0.4 is 5.32 Å². The van der Waals surface area contributed by atoms with Crippen molar-refractivity contribution in [2.45, 2.75) is 52.1 Å². The van der Waals surface area contributed by atoms with Crippen LogP contribution in [-0.4, -0.2) is 30.9 Å². The number of hydrogen-bond donors (Lipinski definition) is 1. The molecular weight excluding hydrogens is 358 g/mol. The highest BCUT2D eigenvalue weighted by molar-refractivity contribution is 6.03. The maximum atomic E-state index is 12.9. The summed E-state index contributed by atoms with van der Waals surface area (Å²) in [5, 5.41) is 3.25. The molecule has 0 spiro atoms. The molecule has 0 amide bonds. The van der Waals surface area contributed by atoms with E-state index in [0.717, 1.165) is 24.1 Å². The van der Waals surface area contributed by atoms with Crippen LogP contribution in [0.3, 0.4) is 0 Å². The van der Waals surface area contributed by atoms with Crippen molar-refractivity contribution in [2.75, 3.05) is 7.11 Å². The van der Waals surface area contributed by atoms with Crippen molar-refractivity contribution in [3.05, 3.63) is 57.9 Å². The molecule has 0 radical (unpaired) electrons. The molecule has 1 aromatic rings. The first-order chi connectivity index (χ1) is 13.3. The average molecular weight is 383 g/mol. The normalized spacial score (nSPS) is 19.3. The van der Waals surface area contributed by atoms with Gasteiger partial charge in [0.05, 0.1) is 24.4 Å². The SMILES string of the molecule is COC(=O)c1ccc([C@@H]2C(C(=O)OC(C)C)=C(C)NC3=C2C(=O)CCC3)cc1. The van der Waals surface area contributed by atoms with Crippen molar-refractivity contribution in [3.8, 4) is 0 Å². The van der Waals surface area contributed by atoms with Crippen molar-refractivity contribution >= 4 is 17.7 Å². The van der Waals surface area contributed by atoms with Gasteiger partial charge in [-0.1, -0.05) is 12.1 Å². The molecule has 1 heterocycles. The molecule has 6 nitrogen and oxygen atoms in total. The lowest BCUT2D eigenvalue weighted by Crippen LogP contribution is -2.35. The number of carbonyl (C=O) groups excluding carboxylic acids is 3. The zero-order valence-electron chi connectivity index (χ0n) is 16.6. The summed E-state index contributed by atoms with van der Waals surface area (Å²) in [6.45, 7) is 5.41. The first-order valence-electron chi connectivity index (χ1n) is 9.46. The maximum Gasteiger partial charge on any atom is 0.337 e. The van der Waals surface area contributed by atoms with Gasteiger partial charge in [-0.2, -0.15) is 0 Å². The van der Waals surface area contributed by atoms with E-state index in [1.54, 1.807) is 38.1 Å². The number of hydrogen-bond acceptors (Lipinski definition) is 6. The first kappa shape index (κ1) is 19.9. The highest BCUT2D eigenvalue weighted by Gasteiger charge is 2.39. The molecule has 0 saturated carbocycles. The molecule has 6 heteroatoms. The molecule has 28 heavy (non-hydrogen) atoms. The summed E-state index contributed by atoms with van der Waals surface area (Å²) in [7, 11) is 1.33. The van der Waals surface area contributed by atoms with E-state index in [0.29, 0.717) is 28.8 Å². The Morgan fingerprint density at radius 3 is 2.39 bits per heavy atom. The largest absolute Gasteiger partial charge is 0.465 e. The number of ether oxygens (including phenoxy) is 2. The lowest BCUT2D eigenvalue weighted by Gasteiger charge is -2.34. The smallest absolute Gasteiger partial charge is 0.337 e. The van der Waals surface area contributed by atoms with E-state index in [1.807, 2.05) is 6.92 Å². The summed E-state index contributed by atoms with van der Waals surface area (Å²) >= 11 is 0. The van der Waals surface area contributed by atoms with Crippen LogP contribution in [0.5, 0.6) is 0 Å². The molecule has 0 bridgehead atoms. The van der Waals surface area contributed by atoms with E-state index >= 15 is 0 Å². The topological polar surface area (TPSA) is 81.7 Å². The zero-order chi connectivity index (χ0) is 20.4. The number of allylic oxidation sites excluding steroid dienone is 3. The van der Waals surface area contributed by atoms with Crippen LogP contribution in [0.1, 0.15) is 61.9 Å². The van der Waals surface area contributed by atoms with Gasteiger partial charge in [0.2, 0.25) is 0 Å². The Kier molecular flexibility index (Phi) is 5.68. The molecule has 1 atom stereocenters. The highest BCUT2D eigenvalue weighted by Crippen LogP contribution is 2.42. The predicted octanol–water partition coefficient (Wildman–Crippen LogP) is 3.39. The Bertz CT molecular complexity index is 877. The van der Waals surface area contributed by atoms with Crippen LogP contribution in [0.2, 0.25) is 0 Å². The van der Waals surface area contributed by atoms with Gasteiger partial charge in [-0.3, -0.25) is 4.79 Å². The second-order valence-electron chi connectivity index (χ2n) is 7.33. The summed E-state index contributed by atoms with van der Waals surface area (Å²) in [5.41, 5.74) is 3.81. The van der Waals surface area contributed by atoms with Crippen molar-refractivity contribution < 1.29 is 23.9 Å². The van der Waals surface area contributed by atoms with Gasteiger partial charge < -0.3 is 14.8 Å². The Labute approximate surface area is 164 Å². The van der Waals surface area contributed by atoms with Gasteiger partial charge in [-0.15, -0.1) is 0 Å². The van der Waals surface area contributed by atoms with Crippen molar-refractivity contribution in [3.63, 3.8) is 0 Å². The van der Waals surface area contributed by atoms with Gasteiger partial charge in [-0.25, -0.2) is 9.59 Å². The Morgan fingerprint density at radius 1 is 1.11 bits per heavy atom. The van der Waals surface area contributed by atoms with Crippen molar-refractivity contribution in [1.82, 2.24) is 5.32 Å². The van der Waals surface area contributed by atoms with Crippen LogP contribution in [0.4, 0.5) is 0 Å². The standard InChI is InChI=1S/C22H25NO5/c1-12(2)28-22(26)18-13(3)23-16-6-5-7-17(24)20(16)19(18)14-8-10-15(11-9-14)21(25)27-4/h8-12,19,23H,5-7H2,1-4H3/t19-/m1/s1. The minimum atomic E-state index is -0.512. The molecule has 1 N–H and O–H groups in total. The number of carbonyl (C=O) groups is 3. The van der Waals surface area contributed by atoms with Crippen LogP contribution in [0.15, 0.2) is 46.8 Å². The van der Waals surface area contributed by atoms with E-state index < -0.39 is 17.9 Å². The third kappa shape index (κ3) is 3.72. The van der Waals surface area contributed by atoms with E-state index in [-0.39, 0.29) is 11.9 Å². The van der Waals surface area contributed by atoms with E-state index in [4.69, 9.17) is 9.47 Å². The van der Waals surface area contributed by atoms with Gasteiger partial charge in [0.25, 0.3) is 0 Å². The molecule has 2 aliphatic rings. The number of nitrogens with one attached hydrogen (secondary N) is 1. The van der Waals surface area contributed by atoms with Gasteiger partial charge >= 0.3 is 11.9 Å². The molecule has 3 rings (SSSR count). The average Bonchev–Trinajstić information content (AvgIpc) is 2.66. The number of methoxy groups -OCH3 is 1. The minimum absolute atomic E-state index is 0.0399. The molecule has 1 aliphatic heterocycles. The first-order valence-corrected chi connectivity index (χ1v) is 9.46. The number of benzene rings is 1. The number of ketones is 1. The Morgan fingerprint density at radius 2 is 1.79 bits per heavy atom. The van der Waals surface area contributed by atoms with E-state index in [2.05, 4.69) is 5.32 Å². The molecule has 0 unspecified atom stereocenters. The number of rotatable bonds is 4. The summed E-state index contributed by atoms with van der Waals surface area (Å²) in [6.07, 6.45) is 1.75. The molecule has 148 valence electrons. The summed E-state index contributed by atoms with van der Waals surface area (Å²) in [5.74, 6) is -1.34. The van der Waals surface area contributed by atoms with E-state index in [9.17, 15) is 14.4 Å². The number of Topliss-reactive ketones (excluding diaryl/α,β-unsaturated/α-hetero) is 1. The molecule has 1 aliphatic carbocycles. The molecule has 1 aromatic carbocycles. The van der Waals surface area contributed by atoms with Crippen LogP contribution in [0, 0.1) is 0 Å². The van der Waals surface area contributed by atoms with Gasteiger partial charge in [0, 0.05) is 29.3 Å². The minimum Gasteiger partial charge on any atom is -0.465 e. The lowest BCUT2D eigenvalue weighted by molar-refractivity contribution is -0.143. The fourth-order valence-corrected chi connectivity index (χ4v) is 3.79. The zero-order valence-corrected chi connectivity index (χ0v) is 16.6. The Hall–Kier alpha value is -2.89. The molecule has 0 saturated heterocycles. The van der Waals surface area contributed by atoms with E-state index in [1.165, 1.54) is 7.11 Å². The third-order valence-corrected chi connectivity index (χ3v) is 5.00. The highest BCUT2D eigenvalue weighted by atomic mass is 16.5. The molecule has 0 fully saturated rings. The van der Waals surface area contributed by atoms with Crippen LogP contribution in [-0.2, 0) is 19.1 Å².